The van der Waals surface area contributed by atoms with E-state index in [1.807, 2.05) is 50.2 Å². The van der Waals surface area contributed by atoms with Gasteiger partial charge in [0.05, 0.1) is 13.7 Å². The Morgan fingerprint density at radius 1 is 1.07 bits per heavy atom. The van der Waals surface area contributed by atoms with Crippen molar-refractivity contribution in [1.29, 1.82) is 0 Å². The fraction of sp³-hybridized carbons (Fsp3) is 0.409. The van der Waals surface area contributed by atoms with Crippen LogP contribution in [0.15, 0.2) is 53.5 Å². The lowest BCUT2D eigenvalue weighted by Crippen LogP contribution is -2.38. The Labute approximate surface area is 167 Å². The third-order valence-corrected chi connectivity index (χ3v) is 4.12. The SMILES string of the molecule is CCNC(=NCC(C)Oc1ccccc1OC)NCCCc1ccc(O)cc1. The standard InChI is InChI=1S/C22H31N3O3/c1-4-23-22(24-15-7-8-18-11-13-19(26)14-12-18)25-16-17(2)28-21-10-6-5-9-20(21)27-3/h5-6,9-14,17,26H,4,7-8,15-16H2,1-3H3,(H2,23,24,25). The van der Waals surface area contributed by atoms with Gasteiger partial charge in [-0.3, -0.25) is 0 Å². The van der Waals surface area contributed by atoms with E-state index < -0.39 is 0 Å². The number of aliphatic imine (C=N–C) groups is 1. The lowest BCUT2D eigenvalue weighted by molar-refractivity contribution is 0.219. The fourth-order valence-electron chi connectivity index (χ4n) is 2.69. The van der Waals surface area contributed by atoms with Crippen LogP contribution in [-0.2, 0) is 6.42 Å². The molecule has 0 aliphatic heterocycles. The number of aryl methyl sites for hydroxylation is 1. The van der Waals surface area contributed by atoms with Crippen LogP contribution in [0.25, 0.3) is 0 Å². The molecule has 1 unspecified atom stereocenters. The van der Waals surface area contributed by atoms with E-state index in [0.29, 0.717) is 12.3 Å². The summed E-state index contributed by atoms with van der Waals surface area (Å²) in [5, 5.41) is 15.9. The molecule has 152 valence electrons. The van der Waals surface area contributed by atoms with E-state index in [1.165, 1.54) is 5.56 Å². The van der Waals surface area contributed by atoms with E-state index in [4.69, 9.17) is 9.47 Å². The molecule has 1 atom stereocenters. The van der Waals surface area contributed by atoms with E-state index in [-0.39, 0.29) is 6.10 Å². The summed E-state index contributed by atoms with van der Waals surface area (Å²) in [7, 11) is 1.64. The molecule has 2 rings (SSSR count). The number of guanidine groups is 1. The summed E-state index contributed by atoms with van der Waals surface area (Å²) in [6, 6.07) is 15.0. The van der Waals surface area contributed by atoms with Gasteiger partial charge in [-0.25, -0.2) is 4.99 Å². The monoisotopic (exact) mass is 385 g/mol. The van der Waals surface area contributed by atoms with Crippen molar-refractivity contribution in [3.63, 3.8) is 0 Å². The topological polar surface area (TPSA) is 75.1 Å². The summed E-state index contributed by atoms with van der Waals surface area (Å²) >= 11 is 0. The molecule has 28 heavy (non-hydrogen) atoms. The first-order valence-electron chi connectivity index (χ1n) is 9.72. The summed E-state index contributed by atoms with van der Waals surface area (Å²) in [6.07, 6.45) is 1.84. The number of para-hydroxylation sites is 2. The number of phenolic OH excluding ortho intramolecular Hbond substituents is 1. The highest BCUT2D eigenvalue weighted by Gasteiger charge is 2.08. The molecule has 0 bridgehead atoms. The Kier molecular flexibility index (Phi) is 8.98. The highest BCUT2D eigenvalue weighted by molar-refractivity contribution is 5.79. The van der Waals surface area contributed by atoms with Crippen LogP contribution in [0.1, 0.15) is 25.8 Å². The highest BCUT2D eigenvalue weighted by Crippen LogP contribution is 2.26. The number of hydrogen-bond acceptors (Lipinski definition) is 4. The molecule has 0 aromatic heterocycles. The van der Waals surface area contributed by atoms with Crippen LogP contribution in [0.2, 0.25) is 0 Å². The number of nitrogens with one attached hydrogen (secondary N) is 2. The zero-order chi connectivity index (χ0) is 20.2. The van der Waals surface area contributed by atoms with Crippen molar-refractivity contribution in [3.05, 3.63) is 54.1 Å². The number of nitrogens with zero attached hydrogens (tertiary/aromatic N) is 1. The second-order valence-corrected chi connectivity index (χ2v) is 6.50. The van der Waals surface area contributed by atoms with Gasteiger partial charge in [0, 0.05) is 13.1 Å². The minimum atomic E-state index is -0.0799. The Balaban J connectivity index is 1.79. The van der Waals surface area contributed by atoms with Crippen molar-refractivity contribution in [1.82, 2.24) is 10.6 Å². The minimum absolute atomic E-state index is 0.0799. The quantitative estimate of drug-likeness (QED) is 0.332. The molecular formula is C22H31N3O3. The average molecular weight is 386 g/mol. The molecule has 0 heterocycles. The van der Waals surface area contributed by atoms with Crippen molar-refractivity contribution >= 4 is 5.96 Å². The van der Waals surface area contributed by atoms with Crippen molar-refractivity contribution in [3.8, 4) is 17.2 Å². The van der Waals surface area contributed by atoms with Crippen molar-refractivity contribution in [2.75, 3.05) is 26.7 Å². The van der Waals surface area contributed by atoms with Crippen molar-refractivity contribution in [2.45, 2.75) is 32.8 Å². The van der Waals surface area contributed by atoms with Gasteiger partial charge in [0.2, 0.25) is 0 Å². The molecule has 6 heteroatoms. The molecule has 2 aromatic carbocycles. The predicted molar refractivity (Wildman–Crippen MR) is 113 cm³/mol. The van der Waals surface area contributed by atoms with Gasteiger partial charge in [-0.15, -0.1) is 0 Å². The molecular weight excluding hydrogens is 354 g/mol. The third-order valence-electron chi connectivity index (χ3n) is 4.12. The maximum Gasteiger partial charge on any atom is 0.191 e. The lowest BCUT2D eigenvalue weighted by Gasteiger charge is -2.16. The van der Waals surface area contributed by atoms with Crippen LogP contribution in [0.3, 0.4) is 0 Å². The van der Waals surface area contributed by atoms with Crippen LogP contribution in [0.4, 0.5) is 0 Å². The number of aromatic hydroxyl groups is 1. The van der Waals surface area contributed by atoms with Gasteiger partial charge in [0.15, 0.2) is 17.5 Å². The van der Waals surface area contributed by atoms with Crippen LogP contribution in [0.5, 0.6) is 17.2 Å². The zero-order valence-corrected chi connectivity index (χ0v) is 16.9. The fourth-order valence-corrected chi connectivity index (χ4v) is 2.69. The first-order chi connectivity index (χ1) is 13.6. The second kappa shape index (κ2) is 11.7. The number of phenols is 1. The molecule has 0 radical (unpaired) electrons. The Hall–Kier alpha value is -2.89. The average Bonchev–Trinajstić information content (AvgIpc) is 2.71. The van der Waals surface area contributed by atoms with Gasteiger partial charge < -0.3 is 25.2 Å². The molecule has 0 saturated heterocycles. The van der Waals surface area contributed by atoms with E-state index in [1.54, 1.807) is 19.2 Å². The molecule has 2 aromatic rings. The predicted octanol–water partition coefficient (Wildman–Crippen LogP) is 3.36. The van der Waals surface area contributed by atoms with E-state index >= 15 is 0 Å². The summed E-state index contributed by atoms with van der Waals surface area (Å²) in [4.78, 5) is 4.62. The number of ether oxygens (including phenoxy) is 2. The third kappa shape index (κ3) is 7.39. The van der Waals surface area contributed by atoms with Gasteiger partial charge in [-0.1, -0.05) is 24.3 Å². The second-order valence-electron chi connectivity index (χ2n) is 6.50. The van der Waals surface area contributed by atoms with E-state index in [0.717, 1.165) is 43.4 Å². The van der Waals surface area contributed by atoms with Crippen molar-refractivity contribution in [2.24, 2.45) is 4.99 Å². The smallest absolute Gasteiger partial charge is 0.191 e. The molecule has 0 amide bonds. The first-order valence-corrected chi connectivity index (χ1v) is 9.72. The van der Waals surface area contributed by atoms with Crippen LogP contribution >= 0.6 is 0 Å². The maximum absolute atomic E-state index is 9.33. The van der Waals surface area contributed by atoms with Crippen molar-refractivity contribution < 1.29 is 14.6 Å². The maximum atomic E-state index is 9.33. The number of hydrogen-bond donors (Lipinski definition) is 3. The van der Waals surface area contributed by atoms with E-state index in [2.05, 4.69) is 15.6 Å². The molecule has 0 aliphatic carbocycles. The molecule has 0 aliphatic rings. The van der Waals surface area contributed by atoms with Crippen LogP contribution in [-0.4, -0.2) is 43.9 Å². The van der Waals surface area contributed by atoms with Gasteiger partial charge in [-0.05, 0) is 56.5 Å². The summed E-state index contributed by atoms with van der Waals surface area (Å²) in [6.45, 7) is 6.18. The zero-order valence-electron chi connectivity index (χ0n) is 16.9. The normalized spacial score (nSPS) is 12.3. The molecule has 0 fully saturated rings. The number of rotatable bonds is 10. The Morgan fingerprint density at radius 3 is 2.46 bits per heavy atom. The summed E-state index contributed by atoms with van der Waals surface area (Å²) in [5.74, 6) is 2.52. The van der Waals surface area contributed by atoms with E-state index in [9.17, 15) is 5.11 Å². The largest absolute Gasteiger partial charge is 0.508 e. The van der Waals surface area contributed by atoms with Gasteiger partial charge in [0.25, 0.3) is 0 Å². The Morgan fingerprint density at radius 2 is 1.79 bits per heavy atom. The molecule has 0 saturated carbocycles. The highest BCUT2D eigenvalue weighted by atomic mass is 16.5. The first kappa shape index (κ1) is 21.4. The summed E-state index contributed by atoms with van der Waals surface area (Å²) < 4.78 is 11.3. The number of benzene rings is 2. The molecule has 0 spiro atoms. The van der Waals surface area contributed by atoms with Gasteiger partial charge >= 0.3 is 0 Å². The lowest BCUT2D eigenvalue weighted by atomic mass is 10.1. The molecule has 6 nitrogen and oxygen atoms in total. The molecule has 3 N–H and O–H groups in total. The van der Waals surface area contributed by atoms with Crippen LogP contribution in [0, 0.1) is 0 Å². The van der Waals surface area contributed by atoms with Gasteiger partial charge in [-0.2, -0.15) is 0 Å². The number of methoxy groups -OCH3 is 1. The van der Waals surface area contributed by atoms with Crippen LogP contribution < -0.4 is 20.1 Å². The Bertz CT molecular complexity index is 732. The van der Waals surface area contributed by atoms with Gasteiger partial charge in [0.1, 0.15) is 11.9 Å². The summed E-state index contributed by atoms with van der Waals surface area (Å²) in [5.41, 5.74) is 1.21. The minimum Gasteiger partial charge on any atom is -0.508 e.